The maximum Gasteiger partial charge on any atom is 0.225 e. The quantitative estimate of drug-likeness (QED) is 0.778. The molecule has 7 heteroatoms. The van der Waals surface area contributed by atoms with Gasteiger partial charge in [-0.2, -0.15) is 0 Å². The molecule has 0 saturated carbocycles. The Morgan fingerprint density at radius 1 is 1.35 bits per heavy atom. The predicted octanol–water partition coefficient (Wildman–Crippen LogP) is -0.209. The molecule has 0 aromatic rings. The molecule has 1 unspecified atom stereocenters. The molecule has 6 nitrogen and oxygen atoms in total. The third kappa shape index (κ3) is 4.43. The third-order valence-corrected chi connectivity index (χ3v) is 5.74. The Hall–Kier alpha value is -0.660. The lowest BCUT2D eigenvalue weighted by Gasteiger charge is -2.33. The fourth-order valence-corrected chi connectivity index (χ4v) is 4.34. The average Bonchev–Trinajstić information content (AvgIpc) is 2.38. The minimum Gasteiger partial charge on any atom is -0.378 e. The minimum atomic E-state index is -2.97. The highest BCUT2D eigenvalue weighted by Gasteiger charge is 2.30. The summed E-state index contributed by atoms with van der Waals surface area (Å²) < 4.78 is 28.7. The number of hydrogen-bond acceptors (Lipinski definition) is 5. The summed E-state index contributed by atoms with van der Waals surface area (Å²) in [5, 5.41) is 3.27. The van der Waals surface area contributed by atoms with Gasteiger partial charge in [-0.3, -0.25) is 4.79 Å². The van der Waals surface area contributed by atoms with Crippen LogP contribution in [0.15, 0.2) is 0 Å². The molecule has 0 aromatic heterocycles. The lowest BCUT2D eigenvalue weighted by atomic mass is 10.1. The predicted molar refractivity (Wildman–Crippen MR) is 76.3 cm³/mol. The lowest BCUT2D eigenvalue weighted by Crippen LogP contribution is -2.50. The van der Waals surface area contributed by atoms with Gasteiger partial charge in [0, 0.05) is 12.6 Å². The number of nitrogens with one attached hydrogen (secondary N) is 1. The molecule has 0 aromatic carbocycles. The number of nitrogens with zero attached hydrogens (tertiary/aromatic N) is 1. The second-order valence-corrected chi connectivity index (χ2v) is 7.85. The largest absolute Gasteiger partial charge is 0.378 e. The molecule has 0 bridgehead atoms. The van der Waals surface area contributed by atoms with Crippen molar-refractivity contribution in [2.75, 3.05) is 37.7 Å². The molecular formula is C13H24N2O4S. The number of carbonyl (C=O) groups is 1. The second-order valence-electron chi connectivity index (χ2n) is 5.62. The van der Waals surface area contributed by atoms with Crippen molar-refractivity contribution in [3.63, 3.8) is 0 Å². The van der Waals surface area contributed by atoms with E-state index < -0.39 is 9.84 Å². The Bertz CT molecular complexity index is 432. The molecule has 1 N–H and O–H groups in total. The van der Waals surface area contributed by atoms with Crippen molar-refractivity contribution in [2.45, 2.75) is 38.3 Å². The van der Waals surface area contributed by atoms with Crippen molar-refractivity contribution in [2.24, 2.45) is 0 Å². The summed E-state index contributed by atoms with van der Waals surface area (Å²) in [6.45, 7) is 4.48. The molecule has 2 fully saturated rings. The van der Waals surface area contributed by atoms with Gasteiger partial charge in [0.1, 0.15) is 0 Å². The molecule has 2 heterocycles. The summed E-state index contributed by atoms with van der Waals surface area (Å²) in [4.78, 5) is 13.8. The number of ether oxygens (including phenoxy) is 1. The number of rotatable bonds is 4. The highest BCUT2D eigenvalue weighted by Crippen LogP contribution is 2.13. The van der Waals surface area contributed by atoms with Crippen LogP contribution in [0, 0.1) is 0 Å². The molecule has 0 spiro atoms. The summed E-state index contributed by atoms with van der Waals surface area (Å²) >= 11 is 0. The van der Waals surface area contributed by atoms with E-state index in [9.17, 15) is 13.2 Å². The first-order valence-electron chi connectivity index (χ1n) is 7.30. The normalized spacial score (nSPS) is 27.4. The lowest BCUT2D eigenvalue weighted by molar-refractivity contribution is -0.134. The fourth-order valence-electron chi connectivity index (χ4n) is 2.79. The van der Waals surface area contributed by atoms with Gasteiger partial charge >= 0.3 is 0 Å². The molecule has 1 amide bonds. The topological polar surface area (TPSA) is 75.7 Å². The van der Waals surface area contributed by atoms with Gasteiger partial charge in [-0.25, -0.2) is 8.42 Å². The first-order chi connectivity index (χ1) is 9.48. The van der Waals surface area contributed by atoms with Crippen molar-refractivity contribution in [3.05, 3.63) is 0 Å². The Balaban J connectivity index is 1.72. The van der Waals surface area contributed by atoms with Crippen LogP contribution in [-0.4, -0.2) is 69.1 Å². The molecule has 0 aliphatic carbocycles. The van der Waals surface area contributed by atoms with Crippen molar-refractivity contribution < 1.29 is 17.9 Å². The van der Waals surface area contributed by atoms with Crippen molar-refractivity contribution in [3.8, 4) is 0 Å². The maximum absolute atomic E-state index is 12.1. The van der Waals surface area contributed by atoms with Gasteiger partial charge in [0.05, 0.1) is 30.6 Å². The fraction of sp³-hybridized carbons (Fsp3) is 0.923. The van der Waals surface area contributed by atoms with Crippen LogP contribution in [0.1, 0.15) is 26.2 Å². The zero-order chi connectivity index (χ0) is 14.6. The molecule has 1 atom stereocenters. The summed E-state index contributed by atoms with van der Waals surface area (Å²) in [5.74, 6) is 0.160. The van der Waals surface area contributed by atoms with Crippen molar-refractivity contribution in [1.82, 2.24) is 10.2 Å². The van der Waals surface area contributed by atoms with E-state index in [2.05, 4.69) is 5.32 Å². The van der Waals surface area contributed by atoms with Gasteiger partial charge in [0.2, 0.25) is 5.91 Å². The zero-order valence-electron chi connectivity index (χ0n) is 12.0. The monoisotopic (exact) mass is 304 g/mol. The molecule has 2 saturated heterocycles. The van der Waals surface area contributed by atoms with Crippen LogP contribution in [0.2, 0.25) is 0 Å². The van der Waals surface area contributed by atoms with E-state index in [0.29, 0.717) is 19.6 Å². The van der Waals surface area contributed by atoms with E-state index in [1.165, 1.54) is 0 Å². The van der Waals surface area contributed by atoms with E-state index in [0.717, 1.165) is 25.9 Å². The van der Waals surface area contributed by atoms with Crippen LogP contribution >= 0.6 is 0 Å². The molecule has 20 heavy (non-hydrogen) atoms. The van der Waals surface area contributed by atoms with Crippen LogP contribution in [0.25, 0.3) is 0 Å². The van der Waals surface area contributed by atoms with Crippen LogP contribution in [0.4, 0.5) is 0 Å². The van der Waals surface area contributed by atoms with Crippen LogP contribution in [0.3, 0.4) is 0 Å². The Labute approximate surface area is 120 Å². The van der Waals surface area contributed by atoms with Gasteiger partial charge in [-0.15, -0.1) is 0 Å². The molecule has 2 aliphatic heterocycles. The maximum atomic E-state index is 12.1. The Morgan fingerprint density at radius 2 is 2.05 bits per heavy atom. The highest BCUT2D eigenvalue weighted by atomic mass is 32.2. The minimum absolute atomic E-state index is 0.00124. The van der Waals surface area contributed by atoms with E-state index in [1.807, 2.05) is 0 Å². The molecule has 2 rings (SSSR count). The van der Waals surface area contributed by atoms with Crippen LogP contribution in [0.5, 0.6) is 0 Å². The molecule has 2 aliphatic rings. The third-order valence-electron chi connectivity index (χ3n) is 3.95. The summed E-state index contributed by atoms with van der Waals surface area (Å²) in [5.41, 5.74) is 0. The average molecular weight is 304 g/mol. The summed E-state index contributed by atoms with van der Waals surface area (Å²) in [7, 11) is -2.97. The number of piperidine rings is 1. The standard InChI is InChI=1S/C13H24N2O4S/c1-11-10-20(17,18)9-7-15(11)13(16)4-8-19-12-2-5-14-6-3-12/h11-12,14H,2-10H2,1H3. The van der Waals surface area contributed by atoms with Gasteiger partial charge in [0.25, 0.3) is 0 Å². The number of carbonyl (C=O) groups excluding carboxylic acids is 1. The smallest absolute Gasteiger partial charge is 0.225 e. The SMILES string of the molecule is CC1CS(=O)(=O)CCN1C(=O)CCOC1CCNCC1. The van der Waals surface area contributed by atoms with Crippen molar-refractivity contribution >= 4 is 15.7 Å². The number of hydrogen-bond donors (Lipinski definition) is 1. The second kappa shape index (κ2) is 6.87. The van der Waals surface area contributed by atoms with Gasteiger partial charge in [0.15, 0.2) is 9.84 Å². The van der Waals surface area contributed by atoms with Crippen molar-refractivity contribution in [1.29, 1.82) is 0 Å². The first-order valence-corrected chi connectivity index (χ1v) is 9.12. The Morgan fingerprint density at radius 3 is 2.70 bits per heavy atom. The molecule has 116 valence electrons. The van der Waals surface area contributed by atoms with Gasteiger partial charge < -0.3 is 15.0 Å². The summed E-state index contributed by atoms with van der Waals surface area (Å²) in [6, 6.07) is -0.222. The highest BCUT2D eigenvalue weighted by molar-refractivity contribution is 7.91. The van der Waals surface area contributed by atoms with Crippen LogP contribution < -0.4 is 5.32 Å². The van der Waals surface area contributed by atoms with Gasteiger partial charge in [-0.05, 0) is 32.9 Å². The molecular weight excluding hydrogens is 280 g/mol. The number of amides is 1. The van der Waals surface area contributed by atoms with E-state index in [4.69, 9.17) is 4.74 Å². The van der Waals surface area contributed by atoms with E-state index >= 15 is 0 Å². The first kappa shape index (κ1) is 15.7. The zero-order valence-corrected chi connectivity index (χ0v) is 12.8. The Kier molecular flexibility index (Phi) is 5.40. The van der Waals surface area contributed by atoms with Crippen LogP contribution in [-0.2, 0) is 19.4 Å². The van der Waals surface area contributed by atoms with Gasteiger partial charge in [-0.1, -0.05) is 0 Å². The molecule has 0 radical (unpaired) electrons. The number of sulfone groups is 1. The van der Waals surface area contributed by atoms with E-state index in [-0.39, 0.29) is 29.6 Å². The van der Waals surface area contributed by atoms with E-state index in [1.54, 1.807) is 11.8 Å². The summed E-state index contributed by atoms with van der Waals surface area (Å²) in [6.07, 6.45) is 2.58.